The van der Waals surface area contributed by atoms with Gasteiger partial charge in [0.05, 0.1) is 6.61 Å². The van der Waals surface area contributed by atoms with Gasteiger partial charge in [0.25, 0.3) is 0 Å². The van der Waals surface area contributed by atoms with E-state index in [0.29, 0.717) is 19.8 Å². The number of ketones is 1. The van der Waals surface area contributed by atoms with Gasteiger partial charge in [0.1, 0.15) is 12.5 Å². The van der Waals surface area contributed by atoms with E-state index in [1.165, 1.54) is 11.1 Å². The minimum absolute atomic E-state index is 0.159. The maximum absolute atomic E-state index is 10.7. The van der Waals surface area contributed by atoms with E-state index in [-0.39, 0.29) is 5.78 Å². The second-order valence-corrected chi connectivity index (χ2v) is 3.93. The van der Waals surface area contributed by atoms with Gasteiger partial charge in [-0.25, -0.2) is 0 Å². The van der Waals surface area contributed by atoms with Crippen LogP contribution in [-0.4, -0.2) is 19.1 Å². The van der Waals surface area contributed by atoms with Gasteiger partial charge in [-0.2, -0.15) is 0 Å². The maximum Gasteiger partial charge on any atom is 0.132 e. The Kier molecular flexibility index (Phi) is 4.99. The Bertz CT molecular complexity index is 361. The van der Waals surface area contributed by atoms with Crippen molar-refractivity contribution in [3.8, 4) is 0 Å². The first-order valence-electron chi connectivity index (χ1n) is 5.48. The molecule has 0 unspecified atom stereocenters. The highest BCUT2D eigenvalue weighted by atomic mass is 16.5. The molecule has 0 heterocycles. The lowest BCUT2D eigenvalue weighted by molar-refractivity contribution is -0.117. The number of anilines is 1. The van der Waals surface area contributed by atoms with Crippen molar-refractivity contribution in [3.63, 3.8) is 0 Å². The Labute approximate surface area is 96.8 Å². The highest BCUT2D eigenvalue weighted by molar-refractivity contribution is 5.75. The number of nitrogens with one attached hydrogen (secondary N) is 1. The summed E-state index contributed by atoms with van der Waals surface area (Å²) in [6.07, 6.45) is 0.481. The summed E-state index contributed by atoms with van der Waals surface area (Å²) in [5.41, 5.74) is 3.58. The van der Waals surface area contributed by atoms with Crippen molar-refractivity contribution >= 4 is 11.5 Å². The average molecular weight is 221 g/mol. The zero-order valence-electron chi connectivity index (χ0n) is 10.2. The van der Waals surface area contributed by atoms with Gasteiger partial charge < -0.3 is 10.1 Å². The lowest BCUT2D eigenvalue weighted by Gasteiger charge is -2.11. The second-order valence-electron chi connectivity index (χ2n) is 3.93. The number of benzene rings is 1. The second kappa shape index (κ2) is 6.28. The van der Waals surface area contributed by atoms with Crippen LogP contribution in [0.15, 0.2) is 18.2 Å². The van der Waals surface area contributed by atoms with E-state index in [4.69, 9.17) is 4.74 Å². The summed E-state index contributed by atoms with van der Waals surface area (Å²) in [5.74, 6) is 0.159. The molecule has 0 saturated heterocycles. The summed E-state index contributed by atoms with van der Waals surface area (Å²) < 4.78 is 5.31. The number of carbonyl (C=O) groups is 1. The first kappa shape index (κ1) is 12.7. The first-order chi connectivity index (χ1) is 7.61. The lowest BCUT2D eigenvalue weighted by Crippen LogP contribution is -2.09. The molecule has 1 N–H and O–H groups in total. The fourth-order valence-electron chi connectivity index (χ4n) is 1.36. The maximum atomic E-state index is 10.7. The molecule has 16 heavy (non-hydrogen) atoms. The molecule has 0 saturated carbocycles. The molecule has 0 aliphatic carbocycles. The summed E-state index contributed by atoms with van der Waals surface area (Å²) in [5, 5.41) is 3.19. The van der Waals surface area contributed by atoms with E-state index < -0.39 is 0 Å². The third-order valence-electron chi connectivity index (χ3n) is 2.57. The fraction of sp³-hybridized carbons (Fsp3) is 0.462. The molecule has 0 amide bonds. The van der Waals surface area contributed by atoms with Crippen molar-refractivity contribution < 1.29 is 9.53 Å². The summed E-state index contributed by atoms with van der Waals surface area (Å²) in [6.45, 7) is 6.65. The van der Waals surface area contributed by atoms with E-state index in [9.17, 15) is 4.79 Å². The van der Waals surface area contributed by atoms with Crippen LogP contribution in [0.3, 0.4) is 0 Å². The highest BCUT2D eigenvalue weighted by Crippen LogP contribution is 2.17. The van der Waals surface area contributed by atoms with Crippen molar-refractivity contribution in [2.75, 3.05) is 18.7 Å². The third-order valence-corrected chi connectivity index (χ3v) is 2.57. The molecule has 1 aromatic rings. The van der Waals surface area contributed by atoms with Gasteiger partial charge in [-0.3, -0.25) is 4.79 Å². The van der Waals surface area contributed by atoms with E-state index in [1.54, 1.807) is 6.92 Å². The molecule has 0 bridgehead atoms. The Hall–Kier alpha value is -1.35. The third kappa shape index (κ3) is 4.03. The normalized spacial score (nSPS) is 10.2. The highest BCUT2D eigenvalue weighted by Gasteiger charge is 1.99. The molecule has 0 aliphatic rings. The first-order valence-corrected chi connectivity index (χ1v) is 5.48. The zero-order chi connectivity index (χ0) is 12.0. The quantitative estimate of drug-likeness (QED) is 0.593. The minimum Gasteiger partial charge on any atom is -0.362 e. The smallest absolute Gasteiger partial charge is 0.132 e. The largest absolute Gasteiger partial charge is 0.362 e. The molecule has 0 aliphatic heterocycles. The number of ether oxygens (including phenoxy) is 1. The number of Topliss-reactive ketones (excluding diaryl/α,β-unsaturated/α-hetero) is 1. The topological polar surface area (TPSA) is 38.3 Å². The van der Waals surface area contributed by atoms with Crippen LogP contribution in [0, 0.1) is 13.8 Å². The number of aryl methyl sites for hydroxylation is 1. The minimum atomic E-state index is 0.159. The Balaban J connectivity index is 2.32. The van der Waals surface area contributed by atoms with Crippen LogP contribution in [-0.2, 0) is 9.53 Å². The fourth-order valence-corrected chi connectivity index (χ4v) is 1.36. The van der Waals surface area contributed by atoms with E-state index in [1.807, 2.05) is 12.1 Å². The molecule has 0 aromatic heterocycles. The van der Waals surface area contributed by atoms with Crippen LogP contribution in [0.1, 0.15) is 24.5 Å². The van der Waals surface area contributed by atoms with E-state index in [2.05, 4.69) is 25.2 Å². The van der Waals surface area contributed by atoms with Crippen LogP contribution in [0.2, 0.25) is 0 Å². The number of carbonyl (C=O) groups excluding carboxylic acids is 1. The van der Waals surface area contributed by atoms with E-state index >= 15 is 0 Å². The van der Waals surface area contributed by atoms with Crippen molar-refractivity contribution in [2.24, 2.45) is 0 Å². The predicted octanol–water partition coefficient (Wildman–Crippen LogP) is 2.67. The van der Waals surface area contributed by atoms with Gasteiger partial charge in [-0.15, -0.1) is 0 Å². The molecular formula is C13H19NO2. The summed E-state index contributed by atoms with van der Waals surface area (Å²) in [7, 11) is 0. The molecule has 0 atom stereocenters. The SMILES string of the molecule is CC(=O)CCOCNc1cccc(C)c1C. The number of hydrogen-bond donors (Lipinski definition) is 1. The van der Waals surface area contributed by atoms with Gasteiger partial charge in [-0.1, -0.05) is 12.1 Å². The van der Waals surface area contributed by atoms with Gasteiger partial charge >= 0.3 is 0 Å². The molecule has 3 nitrogen and oxygen atoms in total. The van der Waals surface area contributed by atoms with Crippen molar-refractivity contribution in [2.45, 2.75) is 27.2 Å². The van der Waals surface area contributed by atoms with Gasteiger partial charge in [0, 0.05) is 12.1 Å². The predicted molar refractivity (Wildman–Crippen MR) is 65.7 cm³/mol. The molecule has 3 heteroatoms. The van der Waals surface area contributed by atoms with Gasteiger partial charge in [0.15, 0.2) is 0 Å². The van der Waals surface area contributed by atoms with Crippen molar-refractivity contribution in [3.05, 3.63) is 29.3 Å². The number of hydrogen-bond acceptors (Lipinski definition) is 3. The lowest BCUT2D eigenvalue weighted by atomic mass is 10.1. The number of rotatable bonds is 6. The summed E-state index contributed by atoms with van der Waals surface area (Å²) >= 11 is 0. The molecular weight excluding hydrogens is 202 g/mol. The van der Waals surface area contributed by atoms with Crippen LogP contribution < -0.4 is 5.32 Å². The molecule has 0 radical (unpaired) electrons. The Morgan fingerprint density at radius 1 is 1.38 bits per heavy atom. The standard InChI is InChI=1S/C13H19NO2/c1-10-5-4-6-13(12(10)3)14-9-16-8-7-11(2)15/h4-6,14H,7-9H2,1-3H3. The Morgan fingerprint density at radius 3 is 2.81 bits per heavy atom. The van der Waals surface area contributed by atoms with Gasteiger partial charge in [-0.05, 0) is 38.0 Å². The van der Waals surface area contributed by atoms with Crippen LogP contribution in [0.5, 0.6) is 0 Å². The summed E-state index contributed by atoms with van der Waals surface area (Å²) in [6, 6.07) is 6.12. The summed E-state index contributed by atoms with van der Waals surface area (Å²) in [4.78, 5) is 10.7. The molecule has 1 rings (SSSR count). The van der Waals surface area contributed by atoms with E-state index in [0.717, 1.165) is 5.69 Å². The Morgan fingerprint density at radius 2 is 2.12 bits per heavy atom. The van der Waals surface area contributed by atoms with Crippen LogP contribution in [0.25, 0.3) is 0 Å². The molecule has 0 fully saturated rings. The molecule has 1 aromatic carbocycles. The van der Waals surface area contributed by atoms with Crippen LogP contribution >= 0.6 is 0 Å². The van der Waals surface area contributed by atoms with Crippen molar-refractivity contribution in [1.29, 1.82) is 0 Å². The van der Waals surface area contributed by atoms with Crippen LogP contribution in [0.4, 0.5) is 5.69 Å². The zero-order valence-corrected chi connectivity index (χ0v) is 10.2. The van der Waals surface area contributed by atoms with Crippen molar-refractivity contribution in [1.82, 2.24) is 0 Å². The van der Waals surface area contributed by atoms with Gasteiger partial charge in [0.2, 0.25) is 0 Å². The molecule has 0 spiro atoms. The monoisotopic (exact) mass is 221 g/mol. The molecule has 88 valence electrons. The average Bonchev–Trinajstić information content (AvgIpc) is 2.23.